The van der Waals surface area contributed by atoms with E-state index >= 15 is 0 Å². The molecule has 0 spiro atoms. The predicted molar refractivity (Wildman–Crippen MR) is 77.0 cm³/mol. The smallest absolute Gasteiger partial charge is 0.336 e. The van der Waals surface area contributed by atoms with Gasteiger partial charge in [0.15, 0.2) is 11.6 Å². The van der Waals surface area contributed by atoms with Crippen LogP contribution in [0.2, 0.25) is 0 Å². The summed E-state index contributed by atoms with van der Waals surface area (Å²) in [7, 11) is 0. The summed E-state index contributed by atoms with van der Waals surface area (Å²) >= 11 is 2.94. The molecule has 0 bridgehead atoms. The molecular formula is C15H12BrFO3. The van der Waals surface area contributed by atoms with Gasteiger partial charge in [0.05, 0.1) is 10.0 Å². The Balaban J connectivity index is 2.42. The van der Waals surface area contributed by atoms with Crippen molar-refractivity contribution in [3.63, 3.8) is 0 Å². The number of ether oxygens (including phenoxy) is 1. The molecule has 2 aromatic carbocycles. The van der Waals surface area contributed by atoms with Gasteiger partial charge in [0.1, 0.15) is 5.75 Å². The summed E-state index contributed by atoms with van der Waals surface area (Å²) < 4.78 is 19.5. The van der Waals surface area contributed by atoms with Gasteiger partial charge in [-0.1, -0.05) is 12.1 Å². The van der Waals surface area contributed by atoms with Crippen LogP contribution in [0.4, 0.5) is 4.39 Å². The third-order valence-electron chi connectivity index (χ3n) is 2.84. The first-order chi connectivity index (χ1) is 9.40. The second-order valence-corrected chi connectivity index (χ2v) is 5.21. The van der Waals surface area contributed by atoms with E-state index in [-0.39, 0.29) is 15.8 Å². The van der Waals surface area contributed by atoms with Crippen molar-refractivity contribution in [2.75, 3.05) is 0 Å². The van der Waals surface area contributed by atoms with Crippen LogP contribution in [-0.2, 0) is 0 Å². The van der Waals surface area contributed by atoms with Gasteiger partial charge in [-0.25, -0.2) is 9.18 Å². The average Bonchev–Trinajstić information content (AvgIpc) is 2.39. The molecule has 0 saturated carbocycles. The summed E-state index contributed by atoms with van der Waals surface area (Å²) in [4.78, 5) is 10.9. The SMILES string of the molecule is Cc1ccc(C)c(Oc2ccc(C(=O)O)c(Br)c2F)c1. The minimum atomic E-state index is -1.20. The molecule has 0 amide bonds. The van der Waals surface area contributed by atoms with Gasteiger partial charge >= 0.3 is 5.97 Å². The molecule has 0 aliphatic heterocycles. The molecule has 1 N–H and O–H groups in total. The van der Waals surface area contributed by atoms with Gasteiger partial charge in [-0.15, -0.1) is 0 Å². The van der Waals surface area contributed by atoms with E-state index in [4.69, 9.17) is 9.84 Å². The summed E-state index contributed by atoms with van der Waals surface area (Å²) in [6, 6.07) is 8.22. The van der Waals surface area contributed by atoms with Gasteiger partial charge in [-0.2, -0.15) is 0 Å². The van der Waals surface area contributed by atoms with Crippen molar-refractivity contribution in [1.82, 2.24) is 0 Å². The van der Waals surface area contributed by atoms with Gasteiger partial charge in [0.2, 0.25) is 0 Å². The summed E-state index contributed by atoms with van der Waals surface area (Å²) in [6.07, 6.45) is 0. The van der Waals surface area contributed by atoms with Crippen LogP contribution in [0.5, 0.6) is 11.5 Å². The van der Waals surface area contributed by atoms with Gasteiger partial charge in [0.25, 0.3) is 0 Å². The molecular weight excluding hydrogens is 327 g/mol. The number of hydrogen-bond donors (Lipinski definition) is 1. The largest absolute Gasteiger partial charge is 0.478 e. The third-order valence-corrected chi connectivity index (χ3v) is 3.62. The summed E-state index contributed by atoms with van der Waals surface area (Å²) in [5.41, 5.74) is 1.72. The molecule has 0 aromatic heterocycles. The van der Waals surface area contributed by atoms with Crippen LogP contribution >= 0.6 is 15.9 Å². The highest BCUT2D eigenvalue weighted by molar-refractivity contribution is 9.10. The maximum atomic E-state index is 14.1. The van der Waals surface area contributed by atoms with Crippen molar-refractivity contribution in [3.05, 3.63) is 57.3 Å². The minimum absolute atomic E-state index is 0.0180. The van der Waals surface area contributed by atoms with E-state index in [2.05, 4.69) is 15.9 Å². The number of halogens is 2. The monoisotopic (exact) mass is 338 g/mol. The number of carboxylic acids is 1. The molecule has 0 heterocycles. The molecule has 2 aromatic rings. The second-order valence-electron chi connectivity index (χ2n) is 4.42. The summed E-state index contributed by atoms with van der Waals surface area (Å²) in [5.74, 6) is -1.41. The van der Waals surface area contributed by atoms with E-state index in [1.165, 1.54) is 12.1 Å². The van der Waals surface area contributed by atoms with Gasteiger partial charge < -0.3 is 9.84 Å². The van der Waals surface area contributed by atoms with E-state index in [9.17, 15) is 9.18 Å². The zero-order valence-electron chi connectivity index (χ0n) is 10.9. The topological polar surface area (TPSA) is 46.5 Å². The molecule has 0 unspecified atom stereocenters. The zero-order chi connectivity index (χ0) is 14.9. The lowest BCUT2D eigenvalue weighted by Gasteiger charge is -2.12. The first-order valence-electron chi connectivity index (χ1n) is 5.86. The number of hydrogen-bond acceptors (Lipinski definition) is 2. The van der Waals surface area contributed by atoms with Crippen molar-refractivity contribution in [2.24, 2.45) is 0 Å². The van der Waals surface area contributed by atoms with Crippen molar-refractivity contribution in [3.8, 4) is 11.5 Å². The molecule has 104 valence electrons. The van der Waals surface area contributed by atoms with E-state index in [1.54, 1.807) is 6.07 Å². The Morgan fingerprint density at radius 3 is 2.55 bits per heavy atom. The number of benzene rings is 2. The fourth-order valence-corrected chi connectivity index (χ4v) is 2.21. The first kappa shape index (κ1) is 14.5. The molecule has 0 saturated heterocycles. The van der Waals surface area contributed by atoms with Crippen molar-refractivity contribution < 1.29 is 19.0 Å². The van der Waals surface area contributed by atoms with E-state index < -0.39 is 11.8 Å². The summed E-state index contributed by atoms with van der Waals surface area (Å²) in [5, 5.41) is 8.91. The van der Waals surface area contributed by atoms with Crippen LogP contribution in [0.1, 0.15) is 21.5 Å². The molecule has 2 rings (SSSR count). The molecule has 3 nitrogen and oxygen atoms in total. The van der Waals surface area contributed by atoms with Crippen molar-refractivity contribution in [1.29, 1.82) is 0 Å². The Kier molecular flexibility index (Phi) is 4.09. The highest BCUT2D eigenvalue weighted by atomic mass is 79.9. The van der Waals surface area contributed by atoms with Crippen molar-refractivity contribution in [2.45, 2.75) is 13.8 Å². The van der Waals surface area contributed by atoms with Crippen LogP contribution < -0.4 is 4.74 Å². The fourth-order valence-electron chi connectivity index (χ4n) is 1.71. The van der Waals surface area contributed by atoms with Crippen LogP contribution in [-0.4, -0.2) is 11.1 Å². The van der Waals surface area contributed by atoms with Crippen LogP contribution in [0.15, 0.2) is 34.8 Å². The number of carboxylic acid groups (broad SMARTS) is 1. The maximum absolute atomic E-state index is 14.1. The third kappa shape index (κ3) is 2.82. The molecule has 20 heavy (non-hydrogen) atoms. The van der Waals surface area contributed by atoms with Crippen LogP contribution in [0, 0.1) is 19.7 Å². The lowest BCUT2D eigenvalue weighted by molar-refractivity contribution is 0.0695. The normalized spacial score (nSPS) is 10.4. The van der Waals surface area contributed by atoms with Crippen molar-refractivity contribution >= 4 is 21.9 Å². The lowest BCUT2D eigenvalue weighted by atomic mass is 10.1. The number of aryl methyl sites for hydroxylation is 2. The quantitative estimate of drug-likeness (QED) is 0.882. The highest BCUT2D eigenvalue weighted by Crippen LogP contribution is 2.33. The Bertz CT molecular complexity index is 683. The molecule has 5 heteroatoms. The van der Waals surface area contributed by atoms with Crippen LogP contribution in [0.3, 0.4) is 0 Å². The molecule has 0 aliphatic carbocycles. The Morgan fingerprint density at radius 2 is 1.90 bits per heavy atom. The van der Waals surface area contributed by atoms with Crippen LogP contribution in [0.25, 0.3) is 0 Å². The number of rotatable bonds is 3. The van der Waals surface area contributed by atoms with E-state index in [1.807, 2.05) is 26.0 Å². The minimum Gasteiger partial charge on any atom is -0.478 e. The first-order valence-corrected chi connectivity index (χ1v) is 6.66. The predicted octanol–water partition coefficient (Wildman–Crippen LogP) is 4.70. The van der Waals surface area contributed by atoms with E-state index in [0.717, 1.165) is 11.1 Å². The van der Waals surface area contributed by atoms with Gasteiger partial charge in [-0.05, 0) is 59.1 Å². The Morgan fingerprint density at radius 1 is 1.20 bits per heavy atom. The summed E-state index contributed by atoms with van der Waals surface area (Å²) in [6.45, 7) is 3.76. The molecule has 0 fully saturated rings. The van der Waals surface area contributed by atoms with Gasteiger partial charge in [0, 0.05) is 0 Å². The van der Waals surface area contributed by atoms with E-state index in [0.29, 0.717) is 5.75 Å². The second kappa shape index (κ2) is 5.63. The standard InChI is InChI=1S/C15H12BrFO3/c1-8-3-4-9(2)12(7-8)20-11-6-5-10(15(18)19)13(16)14(11)17/h3-7H,1-2H3,(H,18,19). The Labute approximate surface area is 124 Å². The lowest BCUT2D eigenvalue weighted by Crippen LogP contribution is -2.01. The average molecular weight is 339 g/mol. The number of aromatic carboxylic acids is 1. The maximum Gasteiger partial charge on any atom is 0.336 e. The van der Waals surface area contributed by atoms with Gasteiger partial charge in [-0.3, -0.25) is 0 Å². The fraction of sp³-hybridized carbons (Fsp3) is 0.133. The zero-order valence-corrected chi connectivity index (χ0v) is 12.5. The molecule has 0 aliphatic rings. The molecule has 0 radical (unpaired) electrons. The molecule has 0 atom stereocenters. The highest BCUT2D eigenvalue weighted by Gasteiger charge is 2.17. The number of carbonyl (C=O) groups is 1. The Hall–Kier alpha value is -1.88.